The molecule has 0 aliphatic heterocycles. The van der Waals surface area contributed by atoms with E-state index in [1.165, 1.54) is 29.2 Å². The van der Waals surface area contributed by atoms with Gasteiger partial charge in [-0.05, 0) is 23.8 Å². The molecule has 5 nitrogen and oxygen atoms in total. The third-order valence-electron chi connectivity index (χ3n) is 3.04. The highest BCUT2D eigenvalue weighted by Gasteiger charge is 2.14. The molecule has 0 fully saturated rings. The smallest absolute Gasteiger partial charge is 0.269 e. The summed E-state index contributed by atoms with van der Waals surface area (Å²) in [6.45, 7) is 0.371. The van der Waals surface area contributed by atoms with E-state index in [2.05, 4.69) is 0 Å². The lowest BCUT2D eigenvalue weighted by Gasteiger charge is -2.18. The van der Waals surface area contributed by atoms with E-state index in [9.17, 15) is 14.9 Å². The predicted octanol–water partition coefficient (Wildman–Crippen LogP) is 3.52. The molecule has 0 atom stereocenters. The van der Waals surface area contributed by atoms with Crippen LogP contribution in [0.3, 0.4) is 0 Å². The van der Waals surface area contributed by atoms with Crippen LogP contribution in [-0.4, -0.2) is 22.8 Å². The fourth-order valence-corrected chi connectivity index (χ4v) is 2.10. The molecule has 0 saturated heterocycles. The normalized spacial score (nSPS) is 10.2. The summed E-state index contributed by atoms with van der Waals surface area (Å²) in [5.41, 5.74) is 1.20. The maximum absolute atomic E-state index is 12.3. The minimum atomic E-state index is -0.498. The zero-order valence-electron chi connectivity index (χ0n) is 11.3. The minimum absolute atomic E-state index is 0.0414. The number of nitrogens with zero attached hydrogens (tertiary/aromatic N) is 2. The van der Waals surface area contributed by atoms with Gasteiger partial charge in [-0.1, -0.05) is 29.8 Å². The molecule has 0 radical (unpaired) electrons. The molecule has 0 aliphatic rings. The molecule has 0 bridgehead atoms. The lowest BCUT2D eigenvalue weighted by Crippen LogP contribution is -2.26. The van der Waals surface area contributed by atoms with Gasteiger partial charge in [-0.3, -0.25) is 14.9 Å². The van der Waals surface area contributed by atoms with E-state index in [0.29, 0.717) is 17.1 Å². The summed E-state index contributed by atoms with van der Waals surface area (Å²) >= 11 is 6.06. The number of nitro groups is 1. The van der Waals surface area contributed by atoms with Crippen LogP contribution in [0, 0.1) is 10.1 Å². The second-order valence-corrected chi connectivity index (χ2v) is 4.96. The van der Waals surface area contributed by atoms with Gasteiger partial charge in [0, 0.05) is 36.3 Å². The molecule has 0 aromatic heterocycles. The lowest BCUT2D eigenvalue weighted by atomic mass is 10.1. The molecule has 108 valence electrons. The van der Waals surface area contributed by atoms with Gasteiger partial charge in [0.1, 0.15) is 0 Å². The first-order chi connectivity index (χ1) is 9.99. The summed E-state index contributed by atoms with van der Waals surface area (Å²) in [5, 5.41) is 11.2. The number of nitro benzene ring substituents is 1. The van der Waals surface area contributed by atoms with Gasteiger partial charge in [0.2, 0.25) is 0 Å². The maximum atomic E-state index is 12.3. The van der Waals surface area contributed by atoms with Crippen LogP contribution in [0.2, 0.25) is 5.02 Å². The van der Waals surface area contributed by atoms with Crippen molar-refractivity contribution in [2.45, 2.75) is 6.54 Å². The molecule has 21 heavy (non-hydrogen) atoms. The zero-order valence-corrected chi connectivity index (χ0v) is 12.1. The third kappa shape index (κ3) is 3.58. The largest absolute Gasteiger partial charge is 0.337 e. The molecular weight excluding hydrogens is 292 g/mol. The van der Waals surface area contributed by atoms with Gasteiger partial charge >= 0.3 is 0 Å². The van der Waals surface area contributed by atoms with Crippen LogP contribution in [0.5, 0.6) is 0 Å². The first-order valence-corrected chi connectivity index (χ1v) is 6.60. The minimum Gasteiger partial charge on any atom is -0.337 e. The molecule has 0 saturated carbocycles. The predicted molar refractivity (Wildman–Crippen MR) is 80.3 cm³/mol. The summed E-state index contributed by atoms with van der Waals surface area (Å²) < 4.78 is 0. The number of amides is 1. The summed E-state index contributed by atoms with van der Waals surface area (Å²) in [7, 11) is 1.66. The Balaban J connectivity index is 2.12. The Labute approximate surface area is 126 Å². The van der Waals surface area contributed by atoms with E-state index in [1.54, 1.807) is 13.1 Å². The number of hydrogen-bond donors (Lipinski definition) is 0. The summed E-state index contributed by atoms with van der Waals surface area (Å²) in [6, 6.07) is 12.8. The van der Waals surface area contributed by atoms with Crippen LogP contribution in [-0.2, 0) is 6.54 Å². The summed E-state index contributed by atoms with van der Waals surface area (Å²) in [6.07, 6.45) is 0. The van der Waals surface area contributed by atoms with Gasteiger partial charge in [0.15, 0.2) is 0 Å². The Morgan fingerprint density at radius 3 is 2.38 bits per heavy atom. The average molecular weight is 305 g/mol. The standard InChI is InChI=1S/C15H13ClN2O3/c1-17(10-12-4-2-3-5-14(12)16)15(19)11-6-8-13(9-7-11)18(20)21/h2-9H,10H2,1H3. The van der Waals surface area contributed by atoms with E-state index >= 15 is 0 Å². The molecule has 0 N–H and O–H groups in total. The Bertz CT molecular complexity index is 671. The van der Waals surface area contributed by atoms with Gasteiger partial charge in [-0.25, -0.2) is 0 Å². The van der Waals surface area contributed by atoms with Crippen molar-refractivity contribution in [1.29, 1.82) is 0 Å². The van der Waals surface area contributed by atoms with Crippen molar-refractivity contribution >= 4 is 23.2 Å². The summed E-state index contributed by atoms with van der Waals surface area (Å²) in [5.74, 6) is -0.218. The molecule has 2 aromatic rings. The zero-order chi connectivity index (χ0) is 15.4. The van der Waals surface area contributed by atoms with E-state index in [4.69, 9.17) is 11.6 Å². The number of carbonyl (C=O) groups is 1. The van der Waals surface area contributed by atoms with Crippen molar-refractivity contribution in [3.8, 4) is 0 Å². The molecule has 1 amide bonds. The van der Waals surface area contributed by atoms with Gasteiger partial charge < -0.3 is 4.90 Å². The van der Waals surface area contributed by atoms with Crippen LogP contribution in [0.4, 0.5) is 5.69 Å². The molecule has 0 aliphatic carbocycles. The second kappa shape index (κ2) is 6.37. The van der Waals surface area contributed by atoms with Gasteiger partial charge in [-0.2, -0.15) is 0 Å². The van der Waals surface area contributed by atoms with Crippen LogP contribution in [0.25, 0.3) is 0 Å². The van der Waals surface area contributed by atoms with Crippen LogP contribution in [0.15, 0.2) is 48.5 Å². The fraction of sp³-hybridized carbons (Fsp3) is 0.133. The van der Waals surface area contributed by atoms with Crippen LogP contribution < -0.4 is 0 Å². The topological polar surface area (TPSA) is 63.5 Å². The first-order valence-electron chi connectivity index (χ1n) is 6.22. The fourth-order valence-electron chi connectivity index (χ4n) is 1.90. The van der Waals surface area contributed by atoms with Crippen molar-refractivity contribution in [3.63, 3.8) is 0 Å². The maximum Gasteiger partial charge on any atom is 0.269 e. The Morgan fingerprint density at radius 2 is 1.81 bits per heavy atom. The number of benzene rings is 2. The molecule has 2 rings (SSSR count). The highest BCUT2D eigenvalue weighted by molar-refractivity contribution is 6.31. The molecule has 0 heterocycles. The van der Waals surface area contributed by atoms with Gasteiger partial charge in [0.25, 0.3) is 11.6 Å². The number of carbonyl (C=O) groups excluding carboxylic acids is 1. The monoisotopic (exact) mass is 304 g/mol. The highest BCUT2D eigenvalue weighted by atomic mass is 35.5. The molecular formula is C15H13ClN2O3. The Morgan fingerprint density at radius 1 is 1.19 bits per heavy atom. The van der Waals surface area contributed by atoms with E-state index in [0.717, 1.165) is 5.56 Å². The number of halogens is 1. The van der Waals surface area contributed by atoms with Crippen molar-refractivity contribution in [2.24, 2.45) is 0 Å². The van der Waals surface area contributed by atoms with Crippen LogP contribution >= 0.6 is 11.6 Å². The quantitative estimate of drug-likeness (QED) is 0.641. The van der Waals surface area contributed by atoms with Crippen LogP contribution in [0.1, 0.15) is 15.9 Å². The van der Waals surface area contributed by atoms with E-state index < -0.39 is 4.92 Å². The average Bonchev–Trinajstić information content (AvgIpc) is 2.49. The van der Waals surface area contributed by atoms with Gasteiger partial charge in [-0.15, -0.1) is 0 Å². The van der Waals surface area contributed by atoms with Crippen molar-refractivity contribution in [2.75, 3.05) is 7.05 Å². The molecule has 0 unspecified atom stereocenters. The second-order valence-electron chi connectivity index (χ2n) is 4.56. The van der Waals surface area contributed by atoms with Crippen molar-refractivity contribution in [1.82, 2.24) is 4.90 Å². The lowest BCUT2D eigenvalue weighted by molar-refractivity contribution is -0.384. The summed E-state index contributed by atoms with van der Waals surface area (Å²) in [4.78, 5) is 23.9. The Hall–Kier alpha value is -2.40. The van der Waals surface area contributed by atoms with E-state index in [1.807, 2.05) is 18.2 Å². The van der Waals surface area contributed by atoms with E-state index in [-0.39, 0.29) is 11.6 Å². The third-order valence-corrected chi connectivity index (χ3v) is 3.41. The number of rotatable bonds is 4. The molecule has 2 aromatic carbocycles. The SMILES string of the molecule is CN(Cc1ccccc1Cl)C(=O)c1ccc([N+](=O)[O-])cc1. The van der Waals surface area contributed by atoms with Gasteiger partial charge in [0.05, 0.1) is 4.92 Å². The van der Waals surface area contributed by atoms with Crippen molar-refractivity contribution < 1.29 is 9.72 Å². The Kier molecular flexibility index (Phi) is 4.55. The molecule has 6 heteroatoms. The first kappa shape index (κ1) is 15.0. The van der Waals surface area contributed by atoms with Crippen molar-refractivity contribution in [3.05, 3.63) is 74.8 Å². The highest BCUT2D eigenvalue weighted by Crippen LogP contribution is 2.18. The molecule has 0 spiro atoms. The number of non-ortho nitro benzene ring substituents is 1. The number of hydrogen-bond acceptors (Lipinski definition) is 3.